The van der Waals surface area contributed by atoms with E-state index in [2.05, 4.69) is 113 Å². The second-order valence-electron chi connectivity index (χ2n) is 21.0. The van der Waals surface area contributed by atoms with Crippen molar-refractivity contribution < 1.29 is 37.9 Å². The van der Waals surface area contributed by atoms with Gasteiger partial charge in [-0.15, -0.1) is 26.3 Å². The van der Waals surface area contributed by atoms with Gasteiger partial charge in [0.25, 0.3) is 0 Å². The second kappa shape index (κ2) is 24.1. The quantitative estimate of drug-likeness (QED) is 0.0316. The van der Waals surface area contributed by atoms with Gasteiger partial charge in [0.2, 0.25) is 0 Å². The topological polar surface area (TPSA) is 80.4 Å². The molecule has 8 heteroatoms. The smallest absolute Gasteiger partial charge is 0.122 e. The van der Waals surface area contributed by atoms with Crippen LogP contribution in [-0.2, 0) is 55.5 Å². The van der Waals surface area contributed by atoms with Crippen molar-refractivity contribution in [2.24, 2.45) is 17.3 Å². The molecule has 0 amide bonds. The van der Waals surface area contributed by atoms with Crippen LogP contribution in [0, 0.1) is 17.3 Å². The van der Waals surface area contributed by atoms with Gasteiger partial charge in [-0.2, -0.15) is 0 Å². The van der Waals surface area contributed by atoms with Gasteiger partial charge < -0.3 is 37.9 Å². The summed E-state index contributed by atoms with van der Waals surface area (Å²) in [5, 5.41) is 0. The molecule has 0 spiro atoms. The molecule has 2 saturated carbocycles. The molecule has 2 saturated heterocycles. The summed E-state index contributed by atoms with van der Waals surface area (Å²) in [5.74, 6) is 4.78. The zero-order chi connectivity index (χ0) is 49.9. The molecular weight excluding hydrogens is 885 g/mol. The van der Waals surface area contributed by atoms with E-state index >= 15 is 0 Å². The SMILES string of the molecule is C=CCc1cc(C2(c3ccc(OCCOC)c(CC=C)c3)CCC(C(C)(C)C3CCC(c4ccc(OCC5CO5)c(CC=C)c4)(c4ccc(OCC5CO5)c(CC=C)c4)CC3)CC2)ccc1OCCOC. The van der Waals surface area contributed by atoms with Crippen LogP contribution in [-0.4, -0.2) is 79.3 Å². The fourth-order valence-corrected chi connectivity index (χ4v) is 12.0. The first kappa shape index (κ1) is 52.2. The van der Waals surface area contributed by atoms with Gasteiger partial charge in [-0.05, 0) is 163 Å². The molecule has 2 heterocycles. The summed E-state index contributed by atoms with van der Waals surface area (Å²) in [6.07, 6.45) is 20.0. The Kier molecular flexibility index (Phi) is 17.7. The standard InChI is InChI=1S/C63H80O8/c1-9-13-45-37-51(17-21-57(45)66-35-33-64-7)62(52-18-22-58(67-36-34-65-8)46(38-52)14-10-2)29-25-49(26-30-62)61(5,6)50-27-31-63(32-28-50,53-19-23-59(47(39-53)15-11-3)70-43-55-41-68-55)54-20-24-60(48(40-54)16-12-4)71-44-56-42-69-56/h9-12,17-24,37-40,49-50,55-56H,1-4,13-16,25-36,41-44H2,5-8H3. The Labute approximate surface area is 425 Å². The fraction of sp³-hybridized carbons (Fsp3) is 0.492. The summed E-state index contributed by atoms with van der Waals surface area (Å²) in [7, 11) is 3.42. The molecule has 0 N–H and O–H groups in total. The third-order valence-electron chi connectivity index (χ3n) is 16.4. The van der Waals surface area contributed by atoms with Crippen LogP contribution in [0.2, 0.25) is 0 Å². The summed E-state index contributed by atoms with van der Waals surface area (Å²) in [4.78, 5) is 0. The molecule has 0 radical (unpaired) electrons. The summed E-state index contributed by atoms with van der Waals surface area (Å²) >= 11 is 0. The predicted octanol–water partition coefficient (Wildman–Crippen LogP) is 12.9. The summed E-state index contributed by atoms with van der Waals surface area (Å²) in [6.45, 7) is 26.5. The van der Waals surface area contributed by atoms with Crippen LogP contribution in [0.25, 0.3) is 0 Å². The summed E-state index contributed by atoms with van der Waals surface area (Å²) in [5.41, 5.74) is 9.81. The Morgan fingerprint density at radius 1 is 0.479 bits per heavy atom. The molecule has 4 fully saturated rings. The molecule has 2 atom stereocenters. The Morgan fingerprint density at radius 3 is 1.04 bits per heavy atom. The Morgan fingerprint density at radius 2 is 0.775 bits per heavy atom. The van der Waals surface area contributed by atoms with Gasteiger partial charge in [0.1, 0.15) is 61.6 Å². The van der Waals surface area contributed by atoms with Gasteiger partial charge in [0.15, 0.2) is 0 Å². The van der Waals surface area contributed by atoms with E-state index in [1.807, 2.05) is 24.3 Å². The minimum Gasteiger partial charge on any atom is -0.491 e. The van der Waals surface area contributed by atoms with Crippen molar-refractivity contribution in [1.29, 1.82) is 0 Å². The highest BCUT2D eigenvalue weighted by molar-refractivity contribution is 5.52. The maximum Gasteiger partial charge on any atom is 0.122 e. The van der Waals surface area contributed by atoms with Gasteiger partial charge in [-0.3, -0.25) is 0 Å². The lowest BCUT2D eigenvalue weighted by atomic mass is 9.53. The zero-order valence-corrected chi connectivity index (χ0v) is 43.3. The largest absolute Gasteiger partial charge is 0.491 e. The molecule has 71 heavy (non-hydrogen) atoms. The van der Waals surface area contributed by atoms with Gasteiger partial charge in [-0.1, -0.05) is 86.7 Å². The maximum atomic E-state index is 6.35. The second-order valence-corrected chi connectivity index (χ2v) is 21.0. The van der Waals surface area contributed by atoms with E-state index in [1.165, 1.54) is 33.4 Å². The number of hydrogen-bond donors (Lipinski definition) is 0. The van der Waals surface area contributed by atoms with Crippen LogP contribution < -0.4 is 18.9 Å². The lowest BCUT2D eigenvalue weighted by Gasteiger charge is -2.52. The fourth-order valence-electron chi connectivity index (χ4n) is 12.0. The molecule has 8 nitrogen and oxygen atoms in total. The predicted molar refractivity (Wildman–Crippen MR) is 286 cm³/mol. The van der Waals surface area contributed by atoms with E-state index in [9.17, 15) is 0 Å². The molecule has 380 valence electrons. The number of rotatable bonds is 28. The molecule has 2 unspecified atom stereocenters. The third kappa shape index (κ3) is 12.2. The maximum absolute atomic E-state index is 6.35. The van der Waals surface area contributed by atoms with E-state index in [0.717, 1.165) is 124 Å². The number of epoxide rings is 2. The Bertz CT molecular complexity index is 2280. The lowest BCUT2D eigenvalue weighted by molar-refractivity contribution is 0.0364. The number of ether oxygens (including phenoxy) is 8. The van der Waals surface area contributed by atoms with E-state index in [0.29, 0.717) is 51.5 Å². The van der Waals surface area contributed by atoms with Crippen LogP contribution in [0.3, 0.4) is 0 Å². The number of benzene rings is 4. The van der Waals surface area contributed by atoms with Gasteiger partial charge >= 0.3 is 0 Å². The van der Waals surface area contributed by atoms with Crippen molar-refractivity contribution >= 4 is 0 Å². The average Bonchev–Trinajstić information content (AvgIpc) is 4.34. The number of hydrogen-bond acceptors (Lipinski definition) is 8. The van der Waals surface area contributed by atoms with Crippen molar-refractivity contribution in [3.8, 4) is 23.0 Å². The Balaban J connectivity index is 1.09. The monoisotopic (exact) mass is 965 g/mol. The van der Waals surface area contributed by atoms with Gasteiger partial charge in [-0.25, -0.2) is 0 Å². The van der Waals surface area contributed by atoms with E-state index in [4.69, 9.17) is 37.9 Å². The van der Waals surface area contributed by atoms with Crippen molar-refractivity contribution in [2.75, 3.05) is 67.1 Å². The molecule has 4 aromatic carbocycles. The molecule has 2 aliphatic carbocycles. The van der Waals surface area contributed by atoms with Crippen molar-refractivity contribution in [3.63, 3.8) is 0 Å². The average molecular weight is 965 g/mol. The summed E-state index contributed by atoms with van der Waals surface area (Å²) < 4.78 is 46.9. The van der Waals surface area contributed by atoms with Crippen LogP contribution in [0.15, 0.2) is 123 Å². The highest BCUT2D eigenvalue weighted by atomic mass is 16.6. The number of allylic oxidation sites excluding steroid dienone is 4. The first-order valence-electron chi connectivity index (χ1n) is 26.3. The molecule has 0 aromatic heterocycles. The van der Waals surface area contributed by atoms with Crippen LogP contribution in [0.4, 0.5) is 0 Å². The number of methoxy groups -OCH3 is 2. The van der Waals surface area contributed by atoms with Crippen LogP contribution >= 0.6 is 0 Å². The highest BCUT2D eigenvalue weighted by Crippen LogP contribution is 2.58. The Hall–Kier alpha value is -5.12. The lowest BCUT2D eigenvalue weighted by Crippen LogP contribution is -2.43. The molecule has 0 bridgehead atoms. The highest BCUT2D eigenvalue weighted by Gasteiger charge is 2.48. The summed E-state index contributed by atoms with van der Waals surface area (Å²) in [6, 6.07) is 27.7. The van der Waals surface area contributed by atoms with E-state index < -0.39 is 0 Å². The van der Waals surface area contributed by atoms with Crippen molar-refractivity contribution in [3.05, 3.63) is 168 Å². The van der Waals surface area contributed by atoms with Crippen LogP contribution in [0.1, 0.15) is 110 Å². The molecular formula is C63H80O8. The van der Waals surface area contributed by atoms with Crippen molar-refractivity contribution in [1.82, 2.24) is 0 Å². The van der Waals surface area contributed by atoms with E-state index in [-0.39, 0.29) is 28.5 Å². The van der Waals surface area contributed by atoms with E-state index in [1.54, 1.807) is 14.2 Å². The van der Waals surface area contributed by atoms with Crippen LogP contribution in [0.5, 0.6) is 23.0 Å². The minimum atomic E-state index is -0.189. The third-order valence-corrected chi connectivity index (χ3v) is 16.4. The minimum absolute atomic E-state index is 0.131. The molecule has 4 aromatic rings. The molecule has 4 aliphatic rings. The normalized spacial score (nSPS) is 21.7. The molecule has 2 aliphatic heterocycles. The van der Waals surface area contributed by atoms with Crippen molar-refractivity contribution in [2.45, 2.75) is 114 Å². The van der Waals surface area contributed by atoms with Gasteiger partial charge in [0.05, 0.1) is 26.4 Å². The zero-order valence-electron chi connectivity index (χ0n) is 43.3. The first-order chi connectivity index (χ1) is 34.6. The first-order valence-corrected chi connectivity index (χ1v) is 26.3. The van der Waals surface area contributed by atoms with Gasteiger partial charge in [0, 0.05) is 25.0 Å². The molecule has 8 rings (SSSR count).